The summed E-state index contributed by atoms with van der Waals surface area (Å²) in [6.07, 6.45) is 9.71. The predicted octanol–water partition coefficient (Wildman–Crippen LogP) is 7.66. The zero-order valence-electron chi connectivity index (χ0n) is 25.9. The average Bonchev–Trinajstić information content (AvgIpc) is 3.03. The minimum atomic E-state index is 0.544. The van der Waals surface area contributed by atoms with Gasteiger partial charge in [-0.15, -0.1) is 0 Å². The Bertz CT molecular complexity index is 1220. The van der Waals surface area contributed by atoms with Crippen molar-refractivity contribution in [1.29, 1.82) is 0 Å². The topological polar surface area (TPSA) is 73.8 Å². The van der Waals surface area contributed by atoms with Crippen LogP contribution in [0.25, 0.3) is 24.3 Å². The van der Waals surface area contributed by atoms with E-state index in [0.717, 1.165) is 46.6 Å². The van der Waals surface area contributed by atoms with Crippen molar-refractivity contribution in [3.8, 4) is 46.0 Å². The molecular weight excluding hydrogens is 536 g/mol. The molecule has 0 bridgehead atoms. The van der Waals surface area contributed by atoms with Gasteiger partial charge in [-0.05, 0) is 60.4 Å². The van der Waals surface area contributed by atoms with Crippen LogP contribution < -0.4 is 37.9 Å². The zero-order chi connectivity index (χ0) is 30.5. The third-order valence-corrected chi connectivity index (χ3v) is 6.35. The molecule has 0 atom stereocenters. The molecule has 0 aromatic heterocycles. The Morgan fingerprint density at radius 1 is 0.429 bits per heavy atom. The Labute approximate surface area is 249 Å². The van der Waals surface area contributed by atoms with E-state index in [4.69, 9.17) is 37.9 Å². The van der Waals surface area contributed by atoms with Crippen LogP contribution in [-0.4, -0.2) is 55.9 Å². The van der Waals surface area contributed by atoms with Crippen LogP contribution in [0, 0.1) is 0 Å². The summed E-state index contributed by atoms with van der Waals surface area (Å²) in [6.45, 7) is 5.32. The second kappa shape index (κ2) is 16.1. The minimum absolute atomic E-state index is 0.544. The Balaban J connectivity index is 2.08. The van der Waals surface area contributed by atoms with Gasteiger partial charge in [0, 0.05) is 11.1 Å². The molecule has 0 N–H and O–H groups in total. The lowest BCUT2D eigenvalue weighted by atomic mass is 10.0. The van der Waals surface area contributed by atoms with Crippen LogP contribution in [0.1, 0.15) is 48.9 Å². The molecule has 0 aliphatic carbocycles. The molecule has 0 radical (unpaired) electrons. The maximum Gasteiger partial charge on any atom is 0.203 e. The van der Waals surface area contributed by atoms with Crippen LogP contribution in [0.3, 0.4) is 0 Å². The van der Waals surface area contributed by atoms with Crippen molar-refractivity contribution < 1.29 is 37.9 Å². The molecule has 226 valence electrons. The lowest BCUT2D eigenvalue weighted by molar-refractivity contribution is 0.307. The van der Waals surface area contributed by atoms with E-state index in [1.807, 2.05) is 60.7 Å². The van der Waals surface area contributed by atoms with Crippen molar-refractivity contribution in [3.05, 3.63) is 58.7 Å². The zero-order valence-corrected chi connectivity index (χ0v) is 25.9. The van der Waals surface area contributed by atoms with Gasteiger partial charge in [0.1, 0.15) is 11.5 Å². The second-order valence-electron chi connectivity index (χ2n) is 9.21. The Hall–Kier alpha value is -4.46. The fourth-order valence-electron chi connectivity index (χ4n) is 4.29. The molecule has 0 unspecified atom stereocenters. The molecule has 3 aromatic carbocycles. The average molecular weight is 579 g/mol. The van der Waals surface area contributed by atoms with E-state index in [-0.39, 0.29) is 0 Å². The molecule has 42 heavy (non-hydrogen) atoms. The first-order valence-corrected chi connectivity index (χ1v) is 13.9. The number of benzene rings is 3. The Morgan fingerprint density at radius 2 is 0.762 bits per heavy atom. The molecule has 0 spiro atoms. The van der Waals surface area contributed by atoms with E-state index in [9.17, 15) is 0 Å². The maximum absolute atomic E-state index is 6.19. The molecule has 0 aliphatic heterocycles. The predicted molar refractivity (Wildman–Crippen MR) is 168 cm³/mol. The van der Waals surface area contributed by atoms with Crippen LogP contribution in [-0.2, 0) is 0 Å². The first-order chi connectivity index (χ1) is 20.5. The van der Waals surface area contributed by atoms with Crippen LogP contribution in [0.5, 0.6) is 46.0 Å². The van der Waals surface area contributed by atoms with Gasteiger partial charge >= 0.3 is 0 Å². The fourth-order valence-corrected chi connectivity index (χ4v) is 4.29. The molecule has 3 aromatic rings. The second-order valence-corrected chi connectivity index (χ2v) is 9.21. The highest BCUT2D eigenvalue weighted by Gasteiger charge is 2.15. The third kappa shape index (κ3) is 7.84. The van der Waals surface area contributed by atoms with E-state index in [1.165, 1.54) is 0 Å². The van der Waals surface area contributed by atoms with Gasteiger partial charge in [0.2, 0.25) is 11.5 Å². The first kappa shape index (κ1) is 32.1. The van der Waals surface area contributed by atoms with Crippen molar-refractivity contribution in [2.75, 3.05) is 55.9 Å². The molecule has 0 saturated carbocycles. The van der Waals surface area contributed by atoms with Gasteiger partial charge in [0.05, 0.1) is 55.9 Å². The van der Waals surface area contributed by atoms with Crippen LogP contribution in [0.15, 0.2) is 36.4 Å². The summed E-state index contributed by atoms with van der Waals surface area (Å²) in [6, 6.07) is 11.6. The molecule has 0 aliphatic rings. The maximum atomic E-state index is 6.19. The minimum Gasteiger partial charge on any atom is -0.493 e. The first-order valence-electron chi connectivity index (χ1n) is 13.9. The summed E-state index contributed by atoms with van der Waals surface area (Å²) in [5.74, 6) is 4.90. The van der Waals surface area contributed by atoms with Gasteiger partial charge in [0.25, 0.3) is 0 Å². The van der Waals surface area contributed by atoms with Crippen LogP contribution in [0.4, 0.5) is 0 Å². The summed E-state index contributed by atoms with van der Waals surface area (Å²) in [4.78, 5) is 0. The van der Waals surface area contributed by atoms with Crippen molar-refractivity contribution in [2.24, 2.45) is 0 Å². The van der Waals surface area contributed by atoms with Crippen molar-refractivity contribution >= 4 is 24.3 Å². The van der Waals surface area contributed by atoms with Crippen LogP contribution >= 0.6 is 0 Å². The van der Waals surface area contributed by atoms with E-state index < -0.39 is 0 Å². The molecule has 8 heteroatoms. The normalized spacial score (nSPS) is 11.0. The number of rotatable bonds is 16. The molecule has 3 rings (SSSR count). The molecule has 0 amide bonds. The molecule has 0 fully saturated rings. The lowest BCUT2D eigenvalue weighted by Gasteiger charge is -2.15. The monoisotopic (exact) mass is 578 g/mol. The lowest BCUT2D eigenvalue weighted by Crippen LogP contribution is -2.01. The van der Waals surface area contributed by atoms with Gasteiger partial charge < -0.3 is 37.9 Å². The highest BCUT2D eigenvalue weighted by Crippen LogP contribution is 2.40. The van der Waals surface area contributed by atoms with E-state index in [0.29, 0.717) is 47.7 Å². The van der Waals surface area contributed by atoms with Gasteiger partial charge in [-0.1, -0.05) is 38.2 Å². The summed E-state index contributed by atoms with van der Waals surface area (Å²) in [5.41, 5.74) is 3.53. The highest BCUT2D eigenvalue weighted by molar-refractivity contribution is 5.80. The Morgan fingerprint density at radius 3 is 1.02 bits per heavy atom. The van der Waals surface area contributed by atoms with Crippen LogP contribution in [0.2, 0.25) is 0 Å². The van der Waals surface area contributed by atoms with Crippen molar-refractivity contribution in [3.63, 3.8) is 0 Å². The van der Waals surface area contributed by atoms with Gasteiger partial charge in [-0.2, -0.15) is 0 Å². The third-order valence-electron chi connectivity index (χ3n) is 6.35. The summed E-state index contributed by atoms with van der Waals surface area (Å²) >= 11 is 0. The van der Waals surface area contributed by atoms with E-state index >= 15 is 0 Å². The summed E-state index contributed by atoms with van der Waals surface area (Å²) in [5, 5.41) is 0. The number of hydrogen-bond acceptors (Lipinski definition) is 8. The summed E-state index contributed by atoms with van der Waals surface area (Å²) in [7, 11) is 9.57. The number of hydrogen-bond donors (Lipinski definition) is 0. The molecule has 0 saturated heterocycles. The number of ether oxygens (including phenoxy) is 8. The van der Waals surface area contributed by atoms with E-state index in [1.54, 1.807) is 42.7 Å². The SMILES string of the molecule is CCCOc1cc(/C=C/c2cc(OC)c(OC)c(OC)c2)c(OCCC)cc1/C=C/c1cc(OC)c(OC)c(OC)c1. The van der Waals surface area contributed by atoms with E-state index in [2.05, 4.69) is 13.8 Å². The smallest absolute Gasteiger partial charge is 0.203 e. The van der Waals surface area contributed by atoms with Gasteiger partial charge in [-0.3, -0.25) is 0 Å². The van der Waals surface area contributed by atoms with Crippen molar-refractivity contribution in [1.82, 2.24) is 0 Å². The molecular formula is C34H42O8. The standard InChI is InChI=1S/C34H42O8/c1-9-15-41-27-21-26(14-12-24-19-31(37-5)34(40-8)32(20-24)38-6)28(42-16-10-2)22-25(27)13-11-23-17-29(35-3)33(39-7)30(18-23)36-4/h11-14,17-22H,9-10,15-16H2,1-8H3/b13-11+,14-12+. The highest BCUT2D eigenvalue weighted by atomic mass is 16.5. The summed E-state index contributed by atoms with van der Waals surface area (Å²) < 4.78 is 45.4. The fraction of sp³-hybridized carbons (Fsp3) is 0.353. The van der Waals surface area contributed by atoms with Gasteiger partial charge in [-0.25, -0.2) is 0 Å². The molecule has 8 nitrogen and oxygen atoms in total. The largest absolute Gasteiger partial charge is 0.493 e. The Kier molecular flexibility index (Phi) is 12.3. The van der Waals surface area contributed by atoms with Gasteiger partial charge in [0.15, 0.2) is 23.0 Å². The quantitative estimate of drug-likeness (QED) is 0.160. The van der Waals surface area contributed by atoms with Crippen molar-refractivity contribution in [2.45, 2.75) is 26.7 Å². The molecule has 0 heterocycles. The number of methoxy groups -OCH3 is 6.